The molecular weight excluding hydrogens is 563 g/mol. The topological polar surface area (TPSA) is 46.6 Å². The minimum absolute atomic E-state index is 0.0866. The van der Waals surface area contributed by atoms with Crippen molar-refractivity contribution in [2.75, 3.05) is 6.54 Å². The van der Waals surface area contributed by atoms with E-state index in [-0.39, 0.29) is 12.1 Å². The molecule has 0 saturated carbocycles. The molecule has 0 N–H and O–H groups in total. The van der Waals surface area contributed by atoms with E-state index in [9.17, 15) is 8.42 Å². The predicted molar refractivity (Wildman–Crippen MR) is 174 cm³/mol. The molecule has 222 valence electrons. The van der Waals surface area contributed by atoms with E-state index in [1.165, 1.54) is 0 Å². The fraction of sp³-hybridized carbons (Fsp3) is 0.471. The van der Waals surface area contributed by atoms with Crippen molar-refractivity contribution in [2.24, 2.45) is 0 Å². The fourth-order valence-corrected chi connectivity index (χ4v) is 14.9. The summed E-state index contributed by atoms with van der Waals surface area (Å²) < 4.78 is 37.9. The van der Waals surface area contributed by atoms with Crippen molar-refractivity contribution in [1.29, 1.82) is 0 Å². The van der Waals surface area contributed by atoms with Crippen LogP contribution in [0.4, 0.5) is 0 Å². The summed E-state index contributed by atoms with van der Waals surface area (Å²) in [7, 11) is -5.04. The Morgan fingerprint density at radius 3 is 1.80 bits per heavy atom. The predicted octanol–water partition coefficient (Wildman–Crippen LogP) is 8.89. The van der Waals surface area contributed by atoms with Gasteiger partial charge in [-0.05, 0) is 79.2 Å². The maximum atomic E-state index is 14.1. The maximum absolute atomic E-state index is 14.1. The number of nitrogens with zero attached hydrogens (tertiary/aromatic N) is 1. The molecule has 0 aliphatic carbocycles. The molecule has 3 aromatic carbocycles. The van der Waals surface area contributed by atoms with Crippen LogP contribution in [-0.4, -0.2) is 33.6 Å². The number of aryl methyl sites for hydroxylation is 2. The minimum Gasteiger partial charge on any atom is -0.407 e. The van der Waals surface area contributed by atoms with Gasteiger partial charge in [0.1, 0.15) is 11.0 Å². The smallest absolute Gasteiger partial charge is 0.201 e. The van der Waals surface area contributed by atoms with Gasteiger partial charge in [-0.1, -0.05) is 95.1 Å². The largest absolute Gasteiger partial charge is 0.407 e. The van der Waals surface area contributed by atoms with Crippen LogP contribution in [0.5, 0.6) is 0 Å². The van der Waals surface area contributed by atoms with Crippen molar-refractivity contribution in [3.8, 4) is 0 Å². The quantitative estimate of drug-likeness (QED) is 0.204. The van der Waals surface area contributed by atoms with Gasteiger partial charge in [0.2, 0.25) is 8.32 Å². The average Bonchev–Trinajstić information content (AvgIpc) is 3.43. The van der Waals surface area contributed by atoms with Crippen molar-refractivity contribution < 1.29 is 12.8 Å². The lowest BCUT2D eigenvalue weighted by Crippen LogP contribution is -2.51. The summed E-state index contributed by atoms with van der Waals surface area (Å²) in [5.74, 6) is 0. The van der Waals surface area contributed by atoms with Crippen LogP contribution < -0.4 is 0 Å². The van der Waals surface area contributed by atoms with E-state index in [0.717, 1.165) is 50.8 Å². The maximum Gasteiger partial charge on any atom is 0.201 e. The molecular formula is C34H47NO3S2Si. The summed E-state index contributed by atoms with van der Waals surface area (Å²) in [4.78, 5) is 2.39. The van der Waals surface area contributed by atoms with Crippen molar-refractivity contribution in [2.45, 2.75) is 112 Å². The van der Waals surface area contributed by atoms with Crippen LogP contribution in [-0.2, 0) is 26.2 Å². The SMILES string of the molecule is Cc1ccc(S(=O)c2ccccc2[C@H](O[Si](C(C)C)(C(C)C)C(C)C)[C@H]2CCCN2S(=O)c2ccc(C)cc2)cc1. The highest BCUT2D eigenvalue weighted by molar-refractivity contribution is 7.85. The first-order chi connectivity index (χ1) is 19.5. The van der Waals surface area contributed by atoms with E-state index < -0.39 is 30.1 Å². The van der Waals surface area contributed by atoms with E-state index in [1.807, 2.05) is 80.6 Å². The summed E-state index contributed by atoms with van der Waals surface area (Å²) in [5, 5.41) is 0. The second-order valence-corrected chi connectivity index (χ2v) is 20.7. The molecule has 3 aromatic rings. The molecule has 0 bridgehead atoms. The highest BCUT2D eigenvalue weighted by Crippen LogP contribution is 2.48. The number of hydrogen-bond donors (Lipinski definition) is 0. The zero-order valence-corrected chi connectivity index (χ0v) is 28.6. The molecule has 0 amide bonds. The third-order valence-electron chi connectivity index (χ3n) is 8.73. The Hall–Kier alpha value is -1.90. The summed E-state index contributed by atoms with van der Waals surface area (Å²) >= 11 is 0. The van der Waals surface area contributed by atoms with Gasteiger partial charge in [0, 0.05) is 16.3 Å². The van der Waals surface area contributed by atoms with Gasteiger partial charge >= 0.3 is 0 Å². The van der Waals surface area contributed by atoms with Crippen molar-refractivity contribution in [3.05, 3.63) is 89.5 Å². The normalized spacial score (nSPS) is 18.8. The number of benzene rings is 3. The van der Waals surface area contributed by atoms with Gasteiger partial charge < -0.3 is 4.43 Å². The Kier molecular flexibility index (Phi) is 10.6. The standard InChI is InChI=1S/C34H47NO3S2Si/c1-24(2)41(25(3)4,26(5)6)38-34(32-13-11-23-35(32)40(37)30-21-17-28(8)18-22-30)31-12-9-10-14-33(31)39(36)29-19-15-27(7)16-20-29/h9-10,12,14-22,24-26,32,34H,11,13,23H2,1-8H3/t32-,34+,39?,40?/m1/s1. The van der Waals surface area contributed by atoms with Gasteiger partial charge in [-0.2, -0.15) is 0 Å². The Morgan fingerprint density at radius 1 is 0.756 bits per heavy atom. The zero-order chi connectivity index (χ0) is 29.9. The van der Waals surface area contributed by atoms with Crippen molar-refractivity contribution in [1.82, 2.24) is 4.31 Å². The van der Waals surface area contributed by atoms with Crippen LogP contribution >= 0.6 is 0 Å². The molecule has 4 atom stereocenters. The molecule has 1 saturated heterocycles. The minimum atomic E-state index is -2.36. The second kappa shape index (κ2) is 13.6. The van der Waals surface area contributed by atoms with Gasteiger partial charge in [0.25, 0.3) is 0 Å². The van der Waals surface area contributed by atoms with Crippen LogP contribution in [0.3, 0.4) is 0 Å². The first-order valence-electron chi connectivity index (χ1n) is 15.0. The van der Waals surface area contributed by atoms with E-state index >= 15 is 0 Å². The van der Waals surface area contributed by atoms with Crippen LogP contribution in [0.2, 0.25) is 16.6 Å². The second-order valence-electron chi connectivity index (χ2n) is 12.4. The molecule has 1 aliphatic rings. The molecule has 1 fully saturated rings. The van der Waals surface area contributed by atoms with Gasteiger partial charge in [0.15, 0.2) is 0 Å². The lowest BCUT2D eigenvalue weighted by Gasteiger charge is -2.47. The molecule has 0 aromatic heterocycles. The lowest BCUT2D eigenvalue weighted by atomic mass is 10.0. The van der Waals surface area contributed by atoms with E-state index in [2.05, 4.69) is 51.9 Å². The van der Waals surface area contributed by atoms with Gasteiger partial charge in [-0.15, -0.1) is 0 Å². The Balaban J connectivity index is 1.86. The molecule has 7 heteroatoms. The molecule has 41 heavy (non-hydrogen) atoms. The Labute approximate surface area is 254 Å². The van der Waals surface area contributed by atoms with Crippen LogP contribution in [0, 0.1) is 13.8 Å². The molecule has 4 rings (SSSR count). The first-order valence-corrected chi connectivity index (χ1v) is 19.4. The van der Waals surface area contributed by atoms with E-state index in [4.69, 9.17) is 4.43 Å². The van der Waals surface area contributed by atoms with Gasteiger partial charge in [0.05, 0.1) is 27.8 Å². The van der Waals surface area contributed by atoms with Crippen LogP contribution in [0.15, 0.2) is 87.5 Å². The summed E-state index contributed by atoms with van der Waals surface area (Å²) in [6.45, 7) is 18.6. The van der Waals surface area contributed by atoms with Crippen LogP contribution in [0.25, 0.3) is 0 Å². The Morgan fingerprint density at radius 2 is 1.27 bits per heavy atom. The third kappa shape index (κ3) is 6.70. The Bertz CT molecular complexity index is 1330. The van der Waals surface area contributed by atoms with Crippen molar-refractivity contribution >= 4 is 30.1 Å². The van der Waals surface area contributed by atoms with E-state index in [1.54, 1.807) is 0 Å². The molecule has 1 aliphatic heterocycles. The average molecular weight is 610 g/mol. The van der Waals surface area contributed by atoms with Gasteiger partial charge in [-0.3, -0.25) is 0 Å². The highest BCUT2D eigenvalue weighted by atomic mass is 32.2. The lowest BCUT2D eigenvalue weighted by molar-refractivity contribution is 0.110. The number of rotatable bonds is 11. The molecule has 1 heterocycles. The van der Waals surface area contributed by atoms with Gasteiger partial charge in [-0.25, -0.2) is 12.7 Å². The summed E-state index contributed by atoms with van der Waals surface area (Å²) in [5.41, 5.74) is 4.41. The third-order valence-corrected chi connectivity index (χ3v) is 17.8. The fourth-order valence-electron chi connectivity index (χ4n) is 6.72. The highest BCUT2D eigenvalue weighted by Gasteiger charge is 2.50. The summed E-state index contributed by atoms with van der Waals surface area (Å²) in [6, 6.07) is 24.0. The zero-order valence-electron chi connectivity index (χ0n) is 25.9. The molecule has 2 unspecified atom stereocenters. The first kappa shape index (κ1) is 32.0. The monoisotopic (exact) mass is 609 g/mol. The summed E-state index contributed by atoms with van der Waals surface area (Å²) in [6.07, 6.45) is 1.49. The van der Waals surface area contributed by atoms with Crippen LogP contribution in [0.1, 0.15) is 77.2 Å². The molecule has 4 nitrogen and oxygen atoms in total. The number of hydrogen-bond acceptors (Lipinski definition) is 3. The molecule has 0 radical (unpaired) electrons. The van der Waals surface area contributed by atoms with E-state index in [0.29, 0.717) is 16.6 Å². The van der Waals surface area contributed by atoms with Crippen molar-refractivity contribution in [3.63, 3.8) is 0 Å². The molecule has 0 spiro atoms.